The predicted octanol–water partition coefficient (Wildman–Crippen LogP) is 5.72. The number of carbonyl (C=O) groups excluding carboxylic acids is 1. The van der Waals surface area contributed by atoms with Crippen molar-refractivity contribution in [3.63, 3.8) is 0 Å². The van der Waals surface area contributed by atoms with E-state index < -0.39 is 0 Å². The van der Waals surface area contributed by atoms with Crippen LogP contribution in [0.25, 0.3) is 11.3 Å². The first-order valence-corrected chi connectivity index (χ1v) is 11.6. The fourth-order valence-electron chi connectivity index (χ4n) is 3.20. The van der Waals surface area contributed by atoms with Gasteiger partial charge in [0.25, 0.3) is 0 Å². The van der Waals surface area contributed by atoms with Crippen molar-refractivity contribution in [1.82, 2.24) is 9.97 Å². The Labute approximate surface area is 184 Å². The van der Waals surface area contributed by atoms with Crippen molar-refractivity contribution in [1.29, 1.82) is 0 Å². The third-order valence-corrected chi connectivity index (χ3v) is 6.67. The smallest absolute Gasteiger partial charge is 0.226 e. The van der Waals surface area contributed by atoms with Gasteiger partial charge in [-0.1, -0.05) is 42.1 Å². The van der Waals surface area contributed by atoms with E-state index in [0.29, 0.717) is 18.1 Å². The zero-order valence-corrected chi connectivity index (χ0v) is 18.6. The molecular formula is C23H23N3O2S2. The Balaban J connectivity index is 1.73. The van der Waals surface area contributed by atoms with E-state index >= 15 is 0 Å². The van der Waals surface area contributed by atoms with Crippen LogP contribution in [0.15, 0.2) is 63.9 Å². The largest absolute Gasteiger partial charge is 0.484 e. The summed E-state index contributed by atoms with van der Waals surface area (Å²) >= 11 is 3.20. The maximum Gasteiger partial charge on any atom is 0.226 e. The van der Waals surface area contributed by atoms with Crippen LogP contribution in [0.1, 0.15) is 30.6 Å². The van der Waals surface area contributed by atoms with Gasteiger partial charge in [0.05, 0.1) is 17.2 Å². The second-order valence-electron chi connectivity index (χ2n) is 6.86. The van der Waals surface area contributed by atoms with E-state index in [2.05, 4.69) is 27.4 Å². The second-order valence-corrected chi connectivity index (χ2v) is 8.85. The minimum atomic E-state index is 0.0423. The fraction of sp³-hybridized carbons (Fsp3) is 0.261. The predicted molar refractivity (Wildman–Crippen MR) is 123 cm³/mol. The summed E-state index contributed by atoms with van der Waals surface area (Å²) in [4.78, 5) is 25.7. The lowest BCUT2D eigenvalue weighted by Gasteiger charge is -2.24. The minimum absolute atomic E-state index is 0.0423. The van der Waals surface area contributed by atoms with Crippen molar-refractivity contribution >= 4 is 34.8 Å². The third-order valence-electron chi connectivity index (χ3n) is 4.69. The molecule has 0 saturated heterocycles. The number of thiophene rings is 1. The number of anilines is 1. The summed E-state index contributed by atoms with van der Waals surface area (Å²) in [5.41, 5.74) is 2.44. The van der Waals surface area contributed by atoms with Gasteiger partial charge in [-0.15, -0.1) is 11.3 Å². The molecule has 0 N–H and O–H groups in total. The molecule has 0 radical (unpaired) electrons. The van der Waals surface area contributed by atoms with Gasteiger partial charge in [-0.25, -0.2) is 9.97 Å². The molecule has 3 heterocycles. The Morgan fingerprint density at radius 1 is 1.30 bits per heavy atom. The standard InChI is InChI=1S/C23H23N3O2S2/c1-3-28-21-13-19(15-29-21)30-20-14-24-23(26-10-5-4-6-11-26)25-22(20)18-9-7-8-17(12-18)16(2)27/h4-5,7-9,12-15H,3,6,10-11H2,1-2H3. The van der Waals surface area contributed by atoms with E-state index in [1.807, 2.05) is 43.5 Å². The number of Topliss-reactive ketones (excluding diaryl/α,β-unsaturated/α-hetero) is 1. The van der Waals surface area contributed by atoms with Crippen LogP contribution in [-0.2, 0) is 0 Å². The van der Waals surface area contributed by atoms with Crippen LogP contribution < -0.4 is 9.64 Å². The number of rotatable bonds is 7. The molecule has 0 spiro atoms. The molecule has 154 valence electrons. The summed E-state index contributed by atoms with van der Waals surface area (Å²) in [6, 6.07) is 9.69. The summed E-state index contributed by atoms with van der Waals surface area (Å²) in [6.45, 7) is 5.92. The van der Waals surface area contributed by atoms with Crippen molar-refractivity contribution in [3.05, 3.63) is 59.6 Å². The number of hydrogen-bond donors (Lipinski definition) is 0. The fourth-order valence-corrected chi connectivity index (χ4v) is 5.08. The zero-order valence-electron chi connectivity index (χ0n) is 17.0. The number of hydrogen-bond acceptors (Lipinski definition) is 7. The highest BCUT2D eigenvalue weighted by Crippen LogP contribution is 2.39. The summed E-state index contributed by atoms with van der Waals surface area (Å²) < 4.78 is 5.60. The van der Waals surface area contributed by atoms with Crippen LogP contribution in [0.5, 0.6) is 5.06 Å². The average molecular weight is 438 g/mol. The van der Waals surface area contributed by atoms with Crippen LogP contribution in [0.2, 0.25) is 0 Å². The van der Waals surface area contributed by atoms with Gasteiger partial charge in [0.1, 0.15) is 0 Å². The Kier molecular flexibility index (Phi) is 6.50. The van der Waals surface area contributed by atoms with E-state index in [1.165, 1.54) is 0 Å². The monoisotopic (exact) mass is 437 g/mol. The third kappa shape index (κ3) is 4.74. The van der Waals surface area contributed by atoms with Crippen molar-refractivity contribution < 1.29 is 9.53 Å². The molecule has 0 unspecified atom stereocenters. The van der Waals surface area contributed by atoms with Gasteiger partial charge in [0.2, 0.25) is 5.95 Å². The Morgan fingerprint density at radius 3 is 2.97 bits per heavy atom. The van der Waals surface area contributed by atoms with E-state index in [-0.39, 0.29) is 5.78 Å². The first kappa shape index (κ1) is 20.6. The molecule has 0 bridgehead atoms. The lowest BCUT2D eigenvalue weighted by atomic mass is 10.1. The number of ether oxygens (including phenoxy) is 1. The van der Waals surface area contributed by atoms with E-state index in [4.69, 9.17) is 9.72 Å². The molecule has 1 aliphatic heterocycles. The summed E-state index contributed by atoms with van der Waals surface area (Å²) in [5, 5.41) is 2.98. The number of carbonyl (C=O) groups is 1. The number of benzene rings is 1. The van der Waals surface area contributed by atoms with Gasteiger partial charge >= 0.3 is 0 Å². The highest BCUT2D eigenvalue weighted by atomic mass is 32.2. The summed E-state index contributed by atoms with van der Waals surface area (Å²) in [7, 11) is 0. The summed E-state index contributed by atoms with van der Waals surface area (Å²) in [6.07, 6.45) is 7.21. The van der Waals surface area contributed by atoms with Crippen molar-refractivity contribution in [3.8, 4) is 16.3 Å². The van der Waals surface area contributed by atoms with Crippen LogP contribution in [0.4, 0.5) is 5.95 Å². The van der Waals surface area contributed by atoms with Crippen LogP contribution >= 0.6 is 23.1 Å². The normalized spacial score (nSPS) is 13.5. The lowest BCUT2D eigenvalue weighted by Crippen LogP contribution is -2.28. The van der Waals surface area contributed by atoms with Crippen LogP contribution in [0.3, 0.4) is 0 Å². The van der Waals surface area contributed by atoms with E-state index in [9.17, 15) is 4.79 Å². The molecule has 1 aliphatic rings. The topological polar surface area (TPSA) is 55.3 Å². The van der Waals surface area contributed by atoms with E-state index in [0.717, 1.165) is 45.6 Å². The quantitative estimate of drug-likeness (QED) is 0.348. The van der Waals surface area contributed by atoms with Crippen molar-refractivity contribution in [2.45, 2.75) is 30.1 Å². The van der Waals surface area contributed by atoms with Crippen molar-refractivity contribution in [2.24, 2.45) is 0 Å². The molecule has 0 fully saturated rings. The molecule has 2 aromatic heterocycles. The number of nitrogens with zero attached hydrogens (tertiary/aromatic N) is 3. The minimum Gasteiger partial charge on any atom is -0.484 e. The Morgan fingerprint density at radius 2 is 2.20 bits per heavy atom. The molecule has 3 aromatic rings. The van der Waals surface area contributed by atoms with Gasteiger partial charge in [0, 0.05) is 46.8 Å². The number of ketones is 1. The maximum atomic E-state index is 11.9. The lowest BCUT2D eigenvalue weighted by molar-refractivity contribution is 0.101. The van der Waals surface area contributed by atoms with Crippen LogP contribution in [-0.4, -0.2) is 35.4 Å². The molecule has 5 nitrogen and oxygen atoms in total. The summed E-state index contributed by atoms with van der Waals surface area (Å²) in [5.74, 6) is 0.757. The highest BCUT2D eigenvalue weighted by molar-refractivity contribution is 7.99. The molecular weight excluding hydrogens is 414 g/mol. The highest BCUT2D eigenvalue weighted by Gasteiger charge is 2.17. The van der Waals surface area contributed by atoms with Crippen molar-refractivity contribution in [2.75, 3.05) is 24.6 Å². The molecule has 7 heteroatoms. The van der Waals surface area contributed by atoms with Gasteiger partial charge in [-0.05, 0) is 26.3 Å². The molecule has 0 amide bonds. The molecule has 4 rings (SSSR count). The van der Waals surface area contributed by atoms with Crippen LogP contribution in [0, 0.1) is 0 Å². The average Bonchev–Trinajstić information content (AvgIpc) is 3.22. The molecule has 0 aliphatic carbocycles. The molecule has 0 saturated carbocycles. The van der Waals surface area contributed by atoms with Gasteiger partial charge < -0.3 is 9.64 Å². The number of aromatic nitrogens is 2. The van der Waals surface area contributed by atoms with Gasteiger partial charge in [-0.3, -0.25) is 4.79 Å². The SMILES string of the molecule is CCOc1cc(Sc2cnc(N3CC=CCC3)nc2-c2cccc(C(C)=O)c2)cs1. The maximum absolute atomic E-state index is 11.9. The zero-order chi connectivity index (χ0) is 20.9. The first-order valence-electron chi connectivity index (χ1n) is 9.91. The Bertz CT molecular complexity index is 1080. The van der Waals surface area contributed by atoms with Gasteiger partial charge in [0.15, 0.2) is 10.8 Å². The first-order chi connectivity index (χ1) is 14.6. The Hall–Kier alpha value is -2.64. The van der Waals surface area contributed by atoms with Gasteiger partial charge in [-0.2, -0.15) is 0 Å². The molecule has 1 aromatic carbocycles. The molecule has 0 atom stereocenters. The second kappa shape index (κ2) is 9.45. The van der Waals surface area contributed by atoms with E-state index in [1.54, 1.807) is 30.0 Å². The molecule has 30 heavy (non-hydrogen) atoms.